The number of fused-ring (bicyclic) bond motifs is 1. The summed E-state index contributed by atoms with van der Waals surface area (Å²) in [6.45, 7) is 0.150. The van der Waals surface area contributed by atoms with E-state index in [1.165, 1.54) is 14.2 Å². The molecule has 0 N–H and O–H groups in total. The van der Waals surface area contributed by atoms with Crippen LogP contribution in [0.2, 0.25) is 0 Å². The molecule has 0 aliphatic carbocycles. The normalized spacial score (nSPS) is 37.6. The molecule has 0 radical (unpaired) electrons. The van der Waals surface area contributed by atoms with Crippen molar-refractivity contribution in [3.05, 3.63) is 46.3 Å². The van der Waals surface area contributed by atoms with Gasteiger partial charge in [0.2, 0.25) is 0 Å². The number of rotatable bonds is 5. The highest BCUT2D eigenvalue weighted by Gasteiger charge is 2.60. The molecule has 3 rings (SSSR count). The van der Waals surface area contributed by atoms with Gasteiger partial charge in [0.1, 0.15) is 24.6 Å². The number of aldehydes is 1. The predicted octanol–water partition coefficient (Wildman–Crippen LogP) is 1.73. The standard InChI is InChI=1S/C16H19N3O6/c1-21-13-15(22-2)24-11-8-23-14(10-6-4-3-5-7-10)25-12(11)16(13,9-20)18-19-17/h3-7,9,11-15H,8H2,1-2H3/t11-,12-,13+,14?,15+,16-/m1/s1. The lowest BCUT2D eigenvalue weighted by molar-refractivity contribution is -0.350. The molecule has 0 amide bonds. The molecule has 1 aromatic carbocycles. The van der Waals surface area contributed by atoms with Crippen molar-refractivity contribution in [1.82, 2.24) is 0 Å². The molecule has 9 heteroatoms. The van der Waals surface area contributed by atoms with Crippen molar-refractivity contribution >= 4 is 6.29 Å². The van der Waals surface area contributed by atoms with Gasteiger partial charge in [0, 0.05) is 24.7 Å². The summed E-state index contributed by atoms with van der Waals surface area (Å²) in [5.74, 6) is 0. The fraction of sp³-hybridized carbons (Fsp3) is 0.562. The highest BCUT2D eigenvalue weighted by Crippen LogP contribution is 2.41. The molecule has 1 aromatic rings. The Kier molecular flexibility index (Phi) is 5.33. The van der Waals surface area contributed by atoms with Gasteiger partial charge in [0.05, 0.1) is 6.61 Å². The van der Waals surface area contributed by atoms with E-state index in [-0.39, 0.29) is 6.61 Å². The minimum absolute atomic E-state index is 0.150. The molecule has 2 saturated heterocycles. The highest BCUT2D eigenvalue weighted by molar-refractivity contribution is 5.68. The van der Waals surface area contributed by atoms with Gasteiger partial charge >= 0.3 is 0 Å². The van der Waals surface area contributed by atoms with Crippen LogP contribution in [0.25, 0.3) is 10.4 Å². The average molecular weight is 349 g/mol. The van der Waals surface area contributed by atoms with Crippen LogP contribution < -0.4 is 0 Å². The van der Waals surface area contributed by atoms with Gasteiger partial charge in [-0.2, -0.15) is 0 Å². The van der Waals surface area contributed by atoms with Gasteiger partial charge in [0.15, 0.2) is 18.1 Å². The fourth-order valence-electron chi connectivity index (χ4n) is 3.28. The third-order valence-corrected chi connectivity index (χ3v) is 4.45. The number of nitrogens with zero attached hydrogens (tertiary/aromatic N) is 3. The van der Waals surface area contributed by atoms with Crippen LogP contribution in [0.3, 0.4) is 0 Å². The van der Waals surface area contributed by atoms with Crippen molar-refractivity contribution in [2.75, 3.05) is 20.8 Å². The van der Waals surface area contributed by atoms with Crippen molar-refractivity contribution < 1.29 is 28.5 Å². The van der Waals surface area contributed by atoms with Crippen LogP contribution in [-0.2, 0) is 28.5 Å². The first-order valence-electron chi connectivity index (χ1n) is 7.75. The minimum Gasteiger partial charge on any atom is -0.375 e. The Morgan fingerprint density at radius 1 is 1.28 bits per heavy atom. The molecular weight excluding hydrogens is 330 g/mol. The van der Waals surface area contributed by atoms with Crippen molar-refractivity contribution in [3.63, 3.8) is 0 Å². The smallest absolute Gasteiger partial charge is 0.185 e. The predicted molar refractivity (Wildman–Crippen MR) is 84.4 cm³/mol. The maximum atomic E-state index is 12.0. The molecule has 2 aliphatic rings. The highest BCUT2D eigenvalue weighted by atomic mass is 16.8. The molecule has 0 bridgehead atoms. The summed E-state index contributed by atoms with van der Waals surface area (Å²) in [5.41, 5.74) is 8.18. The number of benzene rings is 1. The van der Waals surface area contributed by atoms with Crippen molar-refractivity contribution in [2.24, 2.45) is 5.11 Å². The number of methoxy groups -OCH3 is 2. The maximum Gasteiger partial charge on any atom is 0.185 e. The van der Waals surface area contributed by atoms with E-state index in [4.69, 9.17) is 29.2 Å². The quantitative estimate of drug-likeness (QED) is 0.346. The number of hydrogen-bond donors (Lipinski definition) is 0. The molecule has 0 aromatic heterocycles. The zero-order valence-corrected chi connectivity index (χ0v) is 13.8. The summed E-state index contributed by atoms with van der Waals surface area (Å²) in [7, 11) is 2.81. The second kappa shape index (κ2) is 7.49. The molecule has 2 fully saturated rings. The number of carbonyl (C=O) groups is 1. The van der Waals surface area contributed by atoms with Gasteiger partial charge in [-0.3, -0.25) is 0 Å². The third kappa shape index (κ3) is 3.02. The van der Waals surface area contributed by atoms with Crippen LogP contribution in [0.15, 0.2) is 35.4 Å². The van der Waals surface area contributed by atoms with E-state index in [2.05, 4.69) is 10.0 Å². The van der Waals surface area contributed by atoms with Gasteiger partial charge in [0.25, 0.3) is 0 Å². The monoisotopic (exact) mass is 349 g/mol. The Morgan fingerprint density at radius 2 is 2.04 bits per heavy atom. The topological polar surface area (TPSA) is 112 Å². The van der Waals surface area contributed by atoms with Crippen LogP contribution in [-0.4, -0.2) is 57.3 Å². The van der Waals surface area contributed by atoms with E-state index in [1.807, 2.05) is 30.3 Å². The lowest BCUT2D eigenvalue weighted by Gasteiger charge is -2.51. The van der Waals surface area contributed by atoms with Gasteiger partial charge < -0.3 is 28.5 Å². The van der Waals surface area contributed by atoms with E-state index < -0.39 is 36.4 Å². The molecule has 1 unspecified atom stereocenters. The molecule has 6 atom stereocenters. The summed E-state index contributed by atoms with van der Waals surface area (Å²) >= 11 is 0. The molecule has 0 saturated carbocycles. The second-order valence-corrected chi connectivity index (χ2v) is 5.76. The number of hydrogen-bond acceptors (Lipinski definition) is 7. The van der Waals surface area contributed by atoms with Crippen molar-refractivity contribution in [1.29, 1.82) is 0 Å². The summed E-state index contributed by atoms with van der Waals surface area (Å²) in [5, 5.41) is 3.74. The molecular formula is C16H19N3O6. The van der Waals surface area contributed by atoms with Gasteiger partial charge in [-0.25, -0.2) is 0 Å². The first-order valence-corrected chi connectivity index (χ1v) is 7.75. The zero-order valence-electron chi connectivity index (χ0n) is 13.8. The Balaban J connectivity index is 1.98. The lowest BCUT2D eigenvalue weighted by atomic mass is 9.81. The summed E-state index contributed by atoms with van der Waals surface area (Å²) in [6.07, 6.45) is -3.55. The Bertz CT molecular complexity index is 653. The molecule has 9 nitrogen and oxygen atoms in total. The Hall–Kier alpha value is -2.00. The number of ether oxygens (including phenoxy) is 5. The van der Waals surface area contributed by atoms with Crippen LogP contribution >= 0.6 is 0 Å². The lowest BCUT2D eigenvalue weighted by Crippen LogP contribution is -2.69. The first-order chi connectivity index (χ1) is 12.2. The Labute approximate surface area is 144 Å². The Morgan fingerprint density at radius 3 is 2.64 bits per heavy atom. The minimum atomic E-state index is -1.64. The van der Waals surface area contributed by atoms with Crippen LogP contribution in [0.5, 0.6) is 0 Å². The largest absolute Gasteiger partial charge is 0.375 e. The van der Waals surface area contributed by atoms with Gasteiger partial charge in [-0.1, -0.05) is 35.4 Å². The maximum absolute atomic E-state index is 12.0. The first kappa shape index (κ1) is 17.8. The van der Waals surface area contributed by atoms with E-state index in [0.717, 1.165) is 5.56 Å². The molecule has 2 heterocycles. The molecule has 134 valence electrons. The van der Waals surface area contributed by atoms with E-state index in [9.17, 15) is 4.79 Å². The zero-order chi connectivity index (χ0) is 17.9. The molecule has 25 heavy (non-hydrogen) atoms. The average Bonchev–Trinajstić information content (AvgIpc) is 2.67. The van der Waals surface area contributed by atoms with Gasteiger partial charge in [-0.15, -0.1) is 0 Å². The summed E-state index contributed by atoms with van der Waals surface area (Å²) in [6, 6.07) is 9.27. The van der Waals surface area contributed by atoms with Crippen LogP contribution in [0, 0.1) is 0 Å². The van der Waals surface area contributed by atoms with E-state index >= 15 is 0 Å². The number of azide groups is 1. The SMILES string of the molecule is CO[C@H]1O[C@@H]2COC(c3ccccc3)O[C@H]2[C@@](C=O)(N=[N+]=[N-])[C@H]1OC. The van der Waals surface area contributed by atoms with Crippen molar-refractivity contribution in [2.45, 2.75) is 36.4 Å². The third-order valence-electron chi connectivity index (χ3n) is 4.45. The van der Waals surface area contributed by atoms with E-state index in [1.54, 1.807) is 0 Å². The van der Waals surface area contributed by atoms with Gasteiger partial charge in [-0.05, 0) is 5.53 Å². The summed E-state index contributed by atoms with van der Waals surface area (Å²) in [4.78, 5) is 14.9. The van der Waals surface area contributed by atoms with E-state index in [0.29, 0.717) is 6.29 Å². The number of carbonyl (C=O) groups excluding carboxylic acids is 1. The second-order valence-electron chi connectivity index (χ2n) is 5.76. The molecule has 2 aliphatic heterocycles. The summed E-state index contributed by atoms with van der Waals surface area (Å²) < 4.78 is 28.1. The molecule has 0 spiro atoms. The van der Waals surface area contributed by atoms with Crippen LogP contribution in [0.1, 0.15) is 11.9 Å². The van der Waals surface area contributed by atoms with Crippen molar-refractivity contribution in [3.8, 4) is 0 Å². The fourth-order valence-corrected chi connectivity index (χ4v) is 3.28. The van der Waals surface area contributed by atoms with Crippen LogP contribution in [0.4, 0.5) is 0 Å².